The molecule has 54 valence electrons. The van der Waals surface area contributed by atoms with Gasteiger partial charge in [0.2, 0.25) is 0 Å². The third-order valence-electron chi connectivity index (χ3n) is 0.678. The maximum atomic E-state index is 11.9. The summed E-state index contributed by atoms with van der Waals surface area (Å²) in [5, 5.41) is 6.76. The van der Waals surface area contributed by atoms with Crippen LogP contribution in [0.15, 0.2) is 24.3 Å². The Kier molecular flexibility index (Phi) is 11.1. The molecule has 0 unspecified atom stereocenters. The van der Waals surface area contributed by atoms with E-state index in [4.69, 9.17) is 9.90 Å². The molecule has 1 aromatic rings. The molecule has 0 aliphatic heterocycles. The smallest absolute Gasteiger partial charge is 0.665 e. The van der Waals surface area contributed by atoms with E-state index in [1.54, 1.807) is 0 Å². The van der Waals surface area contributed by atoms with Crippen LogP contribution >= 0.6 is 0 Å². The van der Waals surface area contributed by atoms with Gasteiger partial charge in [-0.15, -0.1) is 12.1 Å². The second-order valence-corrected chi connectivity index (χ2v) is 1.31. The van der Waals surface area contributed by atoms with Crippen LogP contribution in [0.2, 0.25) is 0 Å². The maximum absolute atomic E-state index is 11.9. The quantitative estimate of drug-likeness (QED) is 0.456. The Bertz CT molecular complexity index is 179. The fourth-order valence-electron chi connectivity index (χ4n) is 0.367. The van der Waals surface area contributed by atoms with Crippen LogP contribution in [0, 0.1) is 11.9 Å². The van der Waals surface area contributed by atoms with E-state index >= 15 is 0 Å². The van der Waals surface area contributed by atoms with E-state index in [2.05, 4.69) is 6.07 Å². The molecule has 2 nitrogen and oxygen atoms in total. The van der Waals surface area contributed by atoms with Crippen molar-refractivity contribution in [2.24, 2.45) is 0 Å². The first kappa shape index (κ1) is 13.0. The van der Waals surface area contributed by atoms with Crippen LogP contribution in [0.4, 0.5) is 4.39 Å². The molecule has 0 aliphatic rings. The predicted molar refractivity (Wildman–Crippen MR) is 39.3 cm³/mol. The van der Waals surface area contributed by atoms with Crippen LogP contribution in [-0.4, -0.2) is 34.6 Å². The fraction of sp³-hybridized carbons (Fsp3) is 0. The van der Waals surface area contributed by atoms with Crippen molar-refractivity contribution in [1.29, 1.82) is 0 Å². The Morgan fingerprint density at radius 1 is 1.45 bits per heavy atom. The molecule has 0 atom stereocenters. The van der Waals surface area contributed by atoms with Crippen molar-refractivity contribution in [1.82, 2.24) is 0 Å². The molecule has 0 spiro atoms. The van der Waals surface area contributed by atoms with Crippen molar-refractivity contribution in [3.63, 3.8) is 0 Å². The van der Waals surface area contributed by atoms with E-state index in [0.29, 0.717) is 6.47 Å². The van der Waals surface area contributed by atoms with Crippen molar-refractivity contribution < 1.29 is 14.3 Å². The summed E-state index contributed by atoms with van der Waals surface area (Å²) in [5.74, 6) is -0.209. The van der Waals surface area contributed by atoms with E-state index < -0.39 is 0 Å². The van der Waals surface area contributed by atoms with Gasteiger partial charge in [0.15, 0.2) is 0 Å². The fourth-order valence-corrected chi connectivity index (χ4v) is 0.367. The zero-order valence-electron chi connectivity index (χ0n) is 5.75. The molecule has 1 rings (SSSR count). The average molecular weight is 164 g/mol. The molecule has 11 heavy (non-hydrogen) atoms. The summed E-state index contributed by atoms with van der Waals surface area (Å²) in [7, 11) is 0. The first-order chi connectivity index (χ1) is 4.81. The van der Waals surface area contributed by atoms with Gasteiger partial charge in [-0.25, -0.2) is 4.39 Å². The summed E-state index contributed by atoms with van der Waals surface area (Å²) < 4.78 is 11.9. The minimum Gasteiger partial charge on any atom is -0.665 e. The van der Waals surface area contributed by atoms with E-state index in [-0.39, 0.29) is 28.9 Å². The van der Waals surface area contributed by atoms with Gasteiger partial charge in [-0.2, -0.15) is 18.2 Å². The number of halogens is 1. The van der Waals surface area contributed by atoms with Crippen LogP contribution in [-0.2, 0) is 4.79 Å². The van der Waals surface area contributed by atoms with Gasteiger partial charge < -0.3 is 9.90 Å². The summed E-state index contributed by atoms with van der Waals surface area (Å²) in [4.78, 5) is 8.24. The Morgan fingerprint density at radius 3 is 2.00 bits per heavy atom. The Labute approximate surface area is 80.2 Å². The SMILES string of the molecule is Fc1cc[c-]cc1.O=[C-]O.[Mg+2]. The van der Waals surface area contributed by atoms with Gasteiger partial charge in [0.25, 0.3) is 0 Å². The molecule has 0 heterocycles. The summed E-state index contributed by atoms with van der Waals surface area (Å²) in [6.45, 7) is 0.500. The molecule has 0 fully saturated rings. The van der Waals surface area contributed by atoms with Crippen LogP contribution in [0.25, 0.3) is 0 Å². The minimum absolute atomic E-state index is 0. The van der Waals surface area contributed by atoms with Gasteiger partial charge in [0.05, 0.1) is 0 Å². The minimum atomic E-state index is -0.209. The zero-order chi connectivity index (χ0) is 7.82. The number of aliphatic hydroxyl groups excluding tert-OH is 1. The van der Waals surface area contributed by atoms with Crippen molar-refractivity contribution in [2.45, 2.75) is 0 Å². The van der Waals surface area contributed by atoms with Crippen molar-refractivity contribution in [2.75, 3.05) is 0 Å². The molecule has 1 aromatic carbocycles. The number of rotatable bonds is 0. The van der Waals surface area contributed by atoms with E-state index in [1.807, 2.05) is 0 Å². The summed E-state index contributed by atoms with van der Waals surface area (Å²) >= 11 is 0. The average Bonchev–Trinajstić information content (AvgIpc) is 1.91. The summed E-state index contributed by atoms with van der Waals surface area (Å²) in [6.07, 6.45) is 0. The van der Waals surface area contributed by atoms with Gasteiger partial charge >= 0.3 is 23.1 Å². The Hall–Kier alpha value is -0.614. The van der Waals surface area contributed by atoms with Gasteiger partial charge in [-0.05, 0) is 0 Å². The third kappa shape index (κ3) is 9.39. The molecule has 0 amide bonds. The van der Waals surface area contributed by atoms with Crippen LogP contribution in [0.1, 0.15) is 0 Å². The summed E-state index contributed by atoms with van der Waals surface area (Å²) in [5.41, 5.74) is 0. The van der Waals surface area contributed by atoms with E-state index in [1.165, 1.54) is 24.3 Å². The molecular formula is C7H5FMgO2. The maximum Gasteiger partial charge on any atom is 2.00 e. The van der Waals surface area contributed by atoms with Crippen LogP contribution in [0.3, 0.4) is 0 Å². The third-order valence-corrected chi connectivity index (χ3v) is 0.678. The van der Waals surface area contributed by atoms with Gasteiger partial charge in [0.1, 0.15) is 0 Å². The normalized spacial score (nSPS) is 6.64. The van der Waals surface area contributed by atoms with E-state index in [9.17, 15) is 4.39 Å². The van der Waals surface area contributed by atoms with Crippen molar-refractivity contribution in [3.05, 3.63) is 36.1 Å². The first-order valence-electron chi connectivity index (χ1n) is 2.44. The second-order valence-electron chi connectivity index (χ2n) is 1.31. The Morgan fingerprint density at radius 2 is 1.82 bits per heavy atom. The molecule has 0 aromatic heterocycles. The molecule has 0 saturated carbocycles. The van der Waals surface area contributed by atoms with Crippen LogP contribution in [0.5, 0.6) is 0 Å². The standard InChI is InChI=1S/C6H4F.CHO2.Mg/c7-6-4-2-1-3-5-6;2-1-3;/h2-5H;(H,2,3);/q2*-1;+2. The van der Waals surface area contributed by atoms with Crippen molar-refractivity contribution >= 4 is 29.5 Å². The molecular weight excluding hydrogens is 159 g/mol. The molecule has 0 saturated heterocycles. The monoisotopic (exact) mass is 164 g/mol. The number of benzene rings is 1. The largest absolute Gasteiger partial charge is 2.00 e. The molecule has 0 aliphatic carbocycles. The zero-order valence-corrected chi connectivity index (χ0v) is 7.16. The number of hydrogen-bond donors (Lipinski definition) is 1. The molecule has 0 radical (unpaired) electrons. The van der Waals surface area contributed by atoms with Crippen molar-refractivity contribution in [3.8, 4) is 0 Å². The molecule has 4 heteroatoms. The molecule has 0 bridgehead atoms. The first-order valence-corrected chi connectivity index (χ1v) is 2.44. The van der Waals surface area contributed by atoms with E-state index in [0.717, 1.165) is 0 Å². The molecule has 1 N–H and O–H groups in total. The van der Waals surface area contributed by atoms with Crippen LogP contribution < -0.4 is 0 Å². The predicted octanol–water partition coefficient (Wildman–Crippen LogP) is 0.857. The summed E-state index contributed by atoms with van der Waals surface area (Å²) in [6, 6.07) is 8.49. The van der Waals surface area contributed by atoms with Gasteiger partial charge in [-0.3, -0.25) is 0 Å². The Balaban J connectivity index is 0. The van der Waals surface area contributed by atoms with Gasteiger partial charge in [-0.1, -0.05) is 6.47 Å². The second kappa shape index (κ2) is 9.39. The van der Waals surface area contributed by atoms with Gasteiger partial charge in [0, 0.05) is 5.82 Å². The number of hydrogen-bond acceptors (Lipinski definition) is 1. The topological polar surface area (TPSA) is 37.3 Å².